The third kappa shape index (κ3) is 3.51. The maximum Gasteiger partial charge on any atom is 0.131 e. The molecule has 0 N–H and O–H groups in total. The Labute approximate surface area is 180 Å². The number of thiophene rings is 1. The third-order valence-electron chi connectivity index (χ3n) is 6.55. The van der Waals surface area contributed by atoms with Gasteiger partial charge in [0.2, 0.25) is 0 Å². The maximum absolute atomic E-state index is 5.83. The van der Waals surface area contributed by atoms with Gasteiger partial charge in [0, 0.05) is 21.2 Å². The molecule has 0 aliphatic rings. The van der Waals surface area contributed by atoms with Gasteiger partial charge in [-0.25, -0.2) is 0 Å². The van der Waals surface area contributed by atoms with Crippen molar-refractivity contribution in [1.29, 1.82) is 0 Å². The standard InChI is InChI=1S/C25H34O2SSi/c1-16(2)29(17(3)4,18(5)6)25-21-11-9-10-12-23(21)28-24(25)20-14-13-19(26-7)15-22(20)27-8/h9-18H,1-8H3. The summed E-state index contributed by atoms with van der Waals surface area (Å²) in [5, 5.41) is 3.05. The molecule has 0 saturated heterocycles. The molecule has 0 radical (unpaired) electrons. The lowest BCUT2D eigenvalue weighted by Gasteiger charge is -2.44. The minimum absolute atomic E-state index is 0.642. The Bertz CT molecular complexity index is 966. The van der Waals surface area contributed by atoms with Crippen LogP contribution in [0.3, 0.4) is 0 Å². The van der Waals surface area contributed by atoms with Gasteiger partial charge in [0.15, 0.2) is 0 Å². The van der Waals surface area contributed by atoms with Crippen LogP contribution in [0.15, 0.2) is 42.5 Å². The molecule has 0 atom stereocenters. The zero-order chi connectivity index (χ0) is 21.3. The summed E-state index contributed by atoms with van der Waals surface area (Å²) in [5.41, 5.74) is 3.11. The fourth-order valence-electron chi connectivity index (χ4n) is 5.52. The molecule has 1 heterocycles. The number of hydrogen-bond donors (Lipinski definition) is 0. The number of ether oxygens (including phenoxy) is 2. The van der Waals surface area contributed by atoms with E-state index in [1.807, 2.05) is 17.4 Å². The van der Waals surface area contributed by atoms with Crippen LogP contribution >= 0.6 is 11.3 Å². The van der Waals surface area contributed by atoms with Gasteiger partial charge in [0.1, 0.15) is 11.5 Å². The molecule has 4 heteroatoms. The molecule has 0 fully saturated rings. The summed E-state index contributed by atoms with van der Waals surface area (Å²) in [4.78, 5) is 1.38. The normalized spacial score (nSPS) is 12.4. The Morgan fingerprint density at radius 2 is 1.41 bits per heavy atom. The maximum atomic E-state index is 5.83. The average molecular weight is 427 g/mol. The van der Waals surface area contributed by atoms with Crippen molar-refractivity contribution in [2.75, 3.05) is 14.2 Å². The summed E-state index contributed by atoms with van der Waals surface area (Å²) < 4.78 is 12.6. The van der Waals surface area contributed by atoms with Gasteiger partial charge in [0.25, 0.3) is 0 Å². The zero-order valence-corrected chi connectivity index (χ0v) is 20.8. The molecule has 0 amide bonds. The lowest BCUT2D eigenvalue weighted by Crippen LogP contribution is -2.56. The quantitative estimate of drug-likeness (QED) is 0.365. The van der Waals surface area contributed by atoms with Crippen molar-refractivity contribution in [1.82, 2.24) is 0 Å². The van der Waals surface area contributed by atoms with E-state index in [9.17, 15) is 0 Å². The van der Waals surface area contributed by atoms with Crippen LogP contribution in [0.4, 0.5) is 0 Å². The highest BCUT2D eigenvalue weighted by molar-refractivity contribution is 7.25. The van der Waals surface area contributed by atoms with Crippen molar-refractivity contribution in [3.63, 3.8) is 0 Å². The average Bonchev–Trinajstić information content (AvgIpc) is 3.06. The minimum Gasteiger partial charge on any atom is -0.497 e. The number of rotatable bonds is 7. The lowest BCUT2D eigenvalue weighted by molar-refractivity contribution is 0.395. The number of hydrogen-bond acceptors (Lipinski definition) is 3. The van der Waals surface area contributed by atoms with Gasteiger partial charge in [-0.15, -0.1) is 11.3 Å². The molecule has 2 nitrogen and oxygen atoms in total. The van der Waals surface area contributed by atoms with Crippen LogP contribution in [0, 0.1) is 0 Å². The molecule has 0 aliphatic heterocycles. The second kappa shape index (κ2) is 8.53. The Morgan fingerprint density at radius 3 is 1.97 bits per heavy atom. The van der Waals surface area contributed by atoms with Crippen molar-refractivity contribution in [3.05, 3.63) is 42.5 Å². The molecule has 0 spiro atoms. The van der Waals surface area contributed by atoms with Crippen LogP contribution in [0.25, 0.3) is 20.5 Å². The first-order valence-corrected chi connectivity index (χ1v) is 13.6. The molecule has 2 aromatic carbocycles. The first-order chi connectivity index (χ1) is 13.8. The molecule has 156 valence electrons. The van der Waals surface area contributed by atoms with E-state index in [2.05, 4.69) is 77.9 Å². The Kier molecular flexibility index (Phi) is 6.44. The SMILES string of the molecule is COc1ccc(-c2sc3ccccc3c2[Si](C(C)C)(C(C)C)C(C)C)c(OC)c1. The van der Waals surface area contributed by atoms with E-state index in [1.54, 1.807) is 19.4 Å². The predicted octanol–water partition coefficient (Wildman–Crippen LogP) is 7.47. The molecular formula is C25H34O2SSi. The van der Waals surface area contributed by atoms with E-state index in [4.69, 9.17) is 9.47 Å². The summed E-state index contributed by atoms with van der Waals surface area (Å²) >= 11 is 1.91. The van der Waals surface area contributed by atoms with Gasteiger partial charge < -0.3 is 9.47 Å². The second-order valence-corrected chi connectivity index (χ2v) is 15.6. The lowest BCUT2D eigenvalue weighted by atomic mass is 10.1. The molecule has 0 bridgehead atoms. The van der Waals surface area contributed by atoms with Crippen LogP contribution in [-0.2, 0) is 0 Å². The van der Waals surface area contributed by atoms with Gasteiger partial charge >= 0.3 is 0 Å². The Morgan fingerprint density at radius 1 is 0.793 bits per heavy atom. The molecule has 0 unspecified atom stereocenters. The smallest absolute Gasteiger partial charge is 0.131 e. The van der Waals surface area contributed by atoms with E-state index in [1.165, 1.54) is 20.5 Å². The number of fused-ring (bicyclic) bond motifs is 1. The van der Waals surface area contributed by atoms with Crippen molar-refractivity contribution in [2.45, 2.75) is 58.2 Å². The highest BCUT2D eigenvalue weighted by Crippen LogP contribution is 2.48. The molecule has 1 aromatic heterocycles. The molecular weight excluding hydrogens is 392 g/mol. The highest BCUT2D eigenvalue weighted by atomic mass is 32.1. The van der Waals surface area contributed by atoms with Crippen molar-refractivity contribution >= 4 is 34.7 Å². The van der Waals surface area contributed by atoms with Gasteiger partial charge in [0.05, 0.1) is 22.3 Å². The van der Waals surface area contributed by atoms with Crippen molar-refractivity contribution < 1.29 is 9.47 Å². The van der Waals surface area contributed by atoms with Crippen LogP contribution in [0.1, 0.15) is 41.5 Å². The van der Waals surface area contributed by atoms with Gasteiger partial charge in [-0.05, 0) is 45.4 Å². The first kappa shape index (κ1) is 21.9. The predicted molar refractivity (Wildman–Crippen MR) is 131 cm³/mol. The minimum atomic E-state index is -1.88. The molecule has 3 aromatic rings. The van der Waals surface area contributed by atoms with Gasteiger partial charge in [-0.1, -0.05) is 59.7 Å². The van der Waals surface area contributed by atoms with Crippen LogP contribution in [0.5, 0.6) is 11.5 Å². The molecule has 29 heavy (non-hydrogen) atoms. The van der Waals surface area contributed by atoms with E-state index >= 15 is 0 Å². The van der Waals surface area contributed by atoms with Gasteiger partial charge in [-0.2, -0.15) is 0 Å². The summed E-state index contributed by atoms with van der Waals surface area (Å²) in [7, 11) is 1.58. The van der Waals surface area contributed by atoms with E-state index in [0.717, 1.165) is 11.5 Å². The fraction of sp³-hybridized carbons (Fsp3) is 0.440. The summed E-state index contributed by atoms with van der Waals surface area (Å²) in [6.45, 7) is 14.6. The number of methoxy groups -OCH3 is 2. The zero-order valence-electron chi connectivity index (χ0n) is 19.0. The molecule has 0 aliphatic carbocycles. The van der Waals surface area contributed by atoms with E-state index in [-0.39, 0.29) is 0 Å². The van der Waals surface area contributed by atoms with Gasteiger partial charge in [-0.3, -0.25) is 0 Å². The van der Waals surface area contributed by atoms with E-state index in [0.29, 0.717) is 16.6 Å². The van der Waals surface area contributed by atoms with Crippen LogP contribution in [-0.4, -0.2) is 22.3 Å². The largest absolute Gasteiger partial charge is 0.497 e. The summed E-state index contributed by atoms with van der Waals surface area (Å²) in [5.74, 6) is 1.71. The Hall–Kier alpha value is -1.78. The topological polar surface area (TPSA) is 18.5 Å². The molecule has 0 saturated carbocycles. The van der Waals surface area contributed by atoms with Crippen LogP contribution < -0.4 is 14.7 Å². The highest BCUT2D eigenvalue weighted by Gasteiger charge is 2.47. The Balaban J connectivity index is 2.45. The van der Waals surface area contributed by atoms with Crippen molar-refractivity contribution in [3.8, 4) is 21.9 Å². The molecule has 3 rings (SSSR count). The summed E-state index contributed by atoms with van der Waals surface area (Å²) in [6.07, 6.45) is 0. The van der Waals surface area contributed by atoms with Crippen molar-refractivity contribution in [2.24, 2.45) is 0 Å². The fourth-order valence-corrected chi connectivity index (χ4v) is 14.4. The van der Waals surface area contributed by atoms with Crippen LogP contribution in [0.2, 0.25) is 16.6 Å². The number of benzene rings is 2. The monoisotopic (exact) mass is 426 g/mol. The third-order valence-corrected chi connectivity index (χ3v) is 15.1. The first-order valence-electron chi connectivity index (χ1n) is 10.5. The second-order valence-electron chi connectivity index (χ2n) is 8.77. The van der Waals surface area contributed by atoms with E-state index < -0.39 is 8.07 Å². The summed E-state index contributed by atoms with van der Waals surface area (Å²) in [6, 6.07) is 15.2.